The predicted molar refractivity (Wildman–Crippen MR) is 141 cm³/mol. The van der Waals surface area contributed by atoms with E-state index < -0.39 is 28.5 Å². The molecule has 9 nitrogen and oxygen atoms in total. The maximum atomic E-state index is 13.7. The van der Waals surface area contributed by atoms with Crippen LogP contribution in [-0.4, -0.2) is 56.8 Å². The van der Waals surface area contributed by atoms with Gasteiger partial charge in [0.1, 0.15) is 12.6 Å². The molecule has 11 heteroatoms. The van der Waals surface area contributed by atoms with E-state index in [0.717, 1.165) is 48.2 Å². The number of benzene rings is 2. The van der Waals surface area contributed by atoms with Crippen molar-refractivity contribution >= 4 is 39.1 Å². The maximum Gasteiger partial charge on any atom is 0.244 e. The van der Waals surface area contributed by atoms with Crippen molar-refractivity contribution in [2.24, 2.45) is 0 Å². The Balaban J connectivity index is 1.58. The number of nitrogens with one attached hydrogen (secondary N) is 1. The van der Waals surface area contributed by atoms with Crippen molar-refractivity contribution < 1.29 is 27.5 Å². The van der Waals surface area contributed by atoms with Crippen LogP contribution in [0.5, 0.6) is 11.5 Å². The number of halogens is 1. The molecule has 2 aromatic rings. The average molecular weight is 550 g/mol. The summed E-state index contributed by atoms with van der Waals surface area (Å²) in [6.07, 6.45) is 6.14. The SMILES string of the molecule is CC(C(=O)NC1CCCCC1)N(Cc1ccc(Cl)cc1)C(=O)CN(c1ccc2c(c1)OCO2)S(C)(=O)=O. The summed E-state index contributed by atoms with van der Waals surface area (Å²) in [5, 5.41) is 3.63. The van der Waals surface area contributed by atoms with Gasteiger partial charge in [0, 0.05) is 23.7 Å². The molecule has 2 aliphatic rings. The number of hydrogen-bond acceptors (Lipinski definition) is 6. The number of ether oxygens (including phenoxy) is 2. The number of amides is 2. The van der Waals surface area contributed by atoms with Gasteiger partial charge in [-0.05, 0) is 49.6 Å². The minimum absolute atomic E-state index is 0.0408. The smallest absolute Gasteiger partial charge is 0.244 e. The molecule has 1 atom stereocenters. The molecule has 0 spiro atoms. The Bertz CT molecular complexity index is 1230. The van der Waals surface area contributed by atoms with Gasteiger partial charge >= 0.3 is 0 Å². The van der Waals surface area contributed by atoms with Crippen molar-refractivity contribution in [3.05, 3.63) is 53.1 Å². The summed E-state index contributed by atoms with van der Waals surface area (Å²) in [5.41, 5.74) is 1.04. The molecule has 4 rings (SSSR count). The number of rotatable bonds is 9. The van der Waals surface area contributed by atoms with Crippen molar-refractivity contribution in [2.45, 2.75) is 57.7 Å². The molecular formula is C26H32ClN3O6S. The molecule has 0 aromatic heterocycles. The first kappa shape index (κ1) is 27.1. The third-order valence-electron chi connectivity index (χ3n) is 6.71. The fourth-order valence-electron chi connectivity index (χ4n) is 4.59. The van der Waals surface area contributed by atoms with Gasteiger partial charge in [-0.3, -0.25) is 13.9 Å². The van der Waals surface area contributed by atoms with E-state index in [4.69, 9.17) is 21.1 Å². The molecule has 1 unspecified atom stereocenters. The van der Waals surface area contributed by atoms with E-state index in [1.807, 2.05) is 0 Å². The molecule has 1 aliphatic heterocycles. The molecule has 1 heterocycles. The Kier molecular flexibility index (Phi) is 8.49. The van der Waals surface area contributed by atoms with Crippen LogP contribution in [0.25, 0.3) is 0 Å². The van der Waals surface area contributed by atoms with E-state index in [1.54, 1.807) is 43.3 Å². The number of carbonyl (C=O) groups excluding carboxylic acids is 2. The van der Waals surface area contributed by atoms with Crippen molar-refractivity contribution in [1.29, 1.82) is 0 Å². The largest absolute Gasteiger partial charge is 0.454 e. The fourth-order valence-corrected chi connectivity index (χ4v) is 5.56. The third kappa shape index (κ3) is 6.87. The molecule has 2 aromatic carbocycles. The van der Waals surface area contributed by atoms with E-state index in [2.05, 4.69) is 5.32 Å². The van der Waals surface area contributed by atoms with Crippen LogP contribution in [-0.2, 0) is 26.2 Å². The van der Waals surface area contributed by atoms with Crippen molar-refractivity contribution in [3.63, 3.8) is 0 Å². The zero-order chi connectivity index (χ0) is 26.6. The van der Waals surface area contributed by atoms with Gasteiger partial charge in [-0.25, -0.2) is 8.42 Å². The summed E-state index contributed by atoms with van der Waals surface area (Å²) < 4.78 is 37.2. The second kappa shape index (κ2) is 11.6. The standard InChI is InChI=1S/C26H32ClN3O6S/c1-18(26(32)28-21-6-4-3-5-7-21)29(15-19-8-10-20(27)11-9-19)25(31)16-30(37(2,33)34)22-12-13-23-24(14-22)36-17-35-23/h8-14,18,21H,3-7,15-17H2,1-2H3,(H,28,32). The Morgan fingerprint density at radius 3 is 2.41 bits per heavy atom. The fraction of sp³-hybridized carbons (Fsp3) is 0.462. The van der Waals surface area contributed by atoms with Crippen LogP contribution < -0.4 is 19.1 Å². The second-order valence-corrected chi connectivity index (χ2v) is 11.8. The van der Waals surface area contributed by atoms with Crippen LogP contribution in [0, 0.1) is 0 Å². The molecule has 1 saturated carbocycles. The molecule has 1 aliphatic carbocycles. The van der Waals surface area contributed by atoms with E-state index in [-0.39, 0.29) is 31.0 Å². The van der Waals surface area contributed by atoms with E-state index in [1.165, 1.54) is 11.0 Å². The van der Waals surface area contributed by atoms with Crippen LogP contribution in [0.15, 0.2) is 42.5 Å². The minimum Gasteiger partial charge on any atom is -0.454 e. The number of fused-ring (bicyclic) bond motifs is 1. The number of anilines is 1. The quantitative estimate of drug-likeness (QED) is 0.511. The molecule has 200 valence electrons. The zero-order valence-electron chi connectivity index (χ0n) is 21.0. The Hall–Kier alpha value is -2.98. The lowest BCUT2D eigenvalue weighted by Crippen LogP contribution is -2.52. The summed E-state index contributed by atoms with van der Waals surface area (Å²) in [6.45, 7) is 1.34. The Labute approximate surface area is 222 Å². The van der Waals surface area contributed by atoms with Crippen molar-refractivity contribution in [3.8, 4) is 11.5 Å². The predicted octanol–water partition coefficient (Wildman–Crippen LogP) is 3.70. The summed E-state index contributed by atoms with van der Waals surface area (Å²) in [7, 11) is -3.84. The van der Waals surface area contributed by atoms with Crippen molar-refractivity contribution in [1.82, 2.24) is 10.2 Å². The summed E-state index contributed by atoms with van der Waals surface area (Å²) in [4.78, 5) is 28.3. The second-order valence-electron chi connectivity index (χ2n) is 9.47. The highest BCUT2D eigenvalue weighted by molar-refractivity contribution is 7.92. The van der Waals surface area contributed by atoms with Gasteiger partial charge in [0.15, 0.2) is 11.5 Å². The first-order valence-corrected chi connectivity index (χ1v) is 14.6. The monoisotopic (exact) mass is 549 g/mol. The highest BCUT2D eigenvalue weighted by atomic mass is 35.5. The van der Waals surface area contributed by atoms with Crippen molar-refractivity contribution in [2.75, 3.05) is 23.9 Å². The molecule has 1 fully saturated rings. The van der Waals surface area contributed by atoms with Crippen LogP contribution in [0.3, 0.4) is 0 Å². The van der Waals surface area contributed by atoms with Gasteiger partial charge < -0.3 is 19.7 Å². The molecule has 0 bridgehead atoms. The minimum atomic E-state index is -3.84. The Morgan fingerprint density at radius 1 is 1.05 bits per heavy atom. The maximum absolute atomic E-state index is 13.7. The summed E-state index contributed by atoms with van der Waals surface area (Å²) in [5.74, 6) is 0.130. The molecule has 2 amide bonds. The summed E-state index contributed by atoms with van der Waals surface area (Å²) in [6, 6.07) is 10.9. The first-order chi connectivity index (χ1) is 17.6. The van der Waals surface area contributed by atoms with Crippen LogP contribution in [0.1, 0.15) is 44.6 Å². The van der Waals surface area contributed by atoms with Crippen LogP contribution in [0.2, 0.25) is 5.02 Å². The highest BCUT2D eigenvalue weighted by Crippen LogP contribution is 2.36. The lowest BCUT2D eigenvalue weighted by atomic mass is 9.95. The lowest BCUT2D eigenvalue weighted by Gasteiger charge is -2.33. The summed E-state index contributed by atoms with van der Waals surface area (Å²) >= 11 is 6.02. The first-order valence-electron chi connectivity index (χ1n) is 12.3. The normalized spacial score (nSPS) is 16.2. The lowest BCUT2D eigenvalue weighted by molar-refractivity contribution is -0.139. The molecular weight excluding hydrogens is 518 g/mol. The van der Waals surface area contributed by atoms with Gasteiger partial charge in [0.25, 0.3) is 0 Å². The molecule has 0 radical (unpaired) electrons. The number of carbonyl (C=O) groups is 2. The number of sulfonamides is 1. The van der Waals surface area contributed by atoms with Gasteiger partial charge in [-0.15, -0.1) is 0 Å². The molecule has 1 N–H and O–H groups in total. The van der Waals surface area contributed by atoms with E-state index in [0.29, 0.717) is 16.5 Å². The topological polar surface area (TPSA) is 105 Å². The van der Waals surface area contributed by atoms with E-state index >= 15 is 0 Å². The zero-order valence-corrected chi connectivity index (χ0v) is 22.6. The Morgan fingerprint density at radius 2 is 1.73 bits per heavy atom. The highest BCUT2D eigenvalue weighted by Gasteiger charge is 2.31. The van der Waals surface area contributed by atoms with Crippen LogP contribution >= 0.6 is 11.6 Å². The average Bonchev–Trinajstić information content (AvgIpc) is 3.34. The van der Waals surface area contributed by atoms with Gasteiger partial charge in [-0.2, -0.15) is 0 Å². The number of nitrogens with zero attached hydrogens (tertiary/aromatic N) is 2. The third-order valence-corrected chi connectivity index (χ3v) is 8.10. The van der Waals surface area contributed by atoms with Gasteiger partial charge in [0.05, 0.1) is 11.9 Å². The number of hydrogen-bond donors (Lipinski definition) is 1. The van der Waals surface area contributed by atoms with Gasteiger partial charge in [-0.1, -0.05) is 43.0 Å². The van der Waals surface area contributed by atoms with Crippen LogP contribution in [0.4, 0.5) is 5.69 Å². The molecule has 37 heavy (non-hydrogen) atoms. The van der Waals surface area contributed by atoms with Gasteiger partial charge in [0.2, 0.25) is 28.6 Å². The molecule has 0 saturated heterocycles. The van der Waals surface area contributed by atoms with E-state index in [9.17, 15) is 18.0 Å².